The van der Waals surface area contributed by atoms with Gasteiger partial charge >= 0.3 is 19.1 Å². The van der Waals surface area contributed by atoms with Gasteiger partial charge in [0.05, 0.1) is 32.7 Å². The number of allylic oxidation sites excluding steroid dienone is 2. The summed E-state index contributed by atoms with van der Waals surface area (Å²) < 4.78 is 11.0. The van der Waals surface area contributed by atoms with Crippen LogP contribution in [0.5, 0.6) is 0 Å². The fourth-order valence-corrected chi connectivity index (χ4v) is 3.31. The Morgan fingerprint density at radius 3 is 2.78 bits per heavy atom. The largest absolute Gasteiger partial charge is 0.486 e. The van der Waals surface area contributed by atoms with E-state index in [1.165, 1.54) is 11.2 Å². The van der Waals surface area contributed by atoms with Crippen molar-refractivity contribution in [2.75, 3.05) is 32.8 Å². The molecular weight excluding hydrogens is 423 g/mol. The molecule has 32 heavy (non-hydrogen) atoms. The van der Waals surface area contributed by atoms with Crippen LogP contribution in [0, 0.1) is 0 Å². The van der Waals surface area contributed by atoms with E-state index in [1.54, 1.807) is 17.1 Å². The minimum absolute atomic E-state index is 0.0799. The smallest absolute Gasteiger partial charge is 0.454 e. The second-order valence-corrected chi connectivity index (χ2v) is 7.63. The van der Waals surface area contributed by atoms with Gasteiger partial charge in [-0.3, -0.25) is 9.59 Å². The summed E-state index contributed by atoms with van der Waals surface area (Å²) in [6, 6.07) is 0. The molecule has 0 unspecified atom stereocenters. The molecular formula is C19H25BN4O8. The second kappa shape index (κ2) is 10.9. The van der Waals surface area contributed by atoms with Crippen molar-refractivity contribution in [1.82, 2.24) is 9.91 Å². The molecule has 0 spiro atoms. The number of carboxylic acids is 2. The van der Waals surface area contributed by atoms with Crippen molar-refractivity contribution in [2.45, 2.75) is 31.7 Å². The number of aliphatic carboxylic acids is 2. The molecule has 1 amide bonds. The van der Waals surface area contributed by atoms with Gasteiger partial charge in [-0.15, -0.1) is 0 Å². The van der Waals surface area contributed by atoms with Crippen molar-refractivity contribution in [1.29, 1.82) is 0 Å². The standard InChI is InChI=1S/C19H25BN4O8/c25-17(6-13-7-21-22-24(8-13)11-18(26)27)23-9-14(10-23)32-16-4-2-1-3-5-20(30)31-12-15(16)19(28)29/h2,4,8,14,30H,1,3,5-7,9-12H2,(H,26,27)(H,28,29)/b4-2-,16-15-. The number of amides is 1. The number of rotatable bonds is 7. The fraction of sp³-hybridized carbons (Fsp3) is 0.526. The average Bonchev–Trinajstić information content (AvgIpc) is 2.68. The van der Waals surface area contributed by atoms with E-state index < -0.39 is 19.1 Å². The molecule has 0 saturated carbocycles. The lowest BCUT2D eigenvalue weighted by molar-refractivity contribution is -0.142. The average molecular weight is 448 g/mol. The molecule has 1 saturated heterocycles. The lowest BCUT2D eigenvalue weighted by Gasteiger charge is -2.39. The van der Waals surface area contributed by atoms with E-state index in [4.69, 9.17) is 14.5 Å². The van der Waals surface area contributed by atoms with Crippen molar-refractivity contribution < 1.29 is 39.0 Å². The van der Waals surface area contributed by atoms with Gasteiger partial charge in [0.15, 0.2) is 0 Å². The molecule has 172 valence electrons. The highest BCUT2D eigenvalue weighted by Gasteiger charge is 2.34. The van der Waals surface area contributed by atoms with Crippen LogP contribution in [0.3, 0.4) is 0 Å². The van der Waals surface area contributed by atoms with Crippen LogP contribution in [0.4, 0.5) is 0 Å². The number of hydrogen-bond acceptors (Lipinski definition) is 9. The third kappa shape index (κ3) is 6.66. The third-order valence-corrected chi connectivity index (χ3v) is 5.02. The van der Waals surface area contributed by atoms with Gasteiger partial charge in [-0.25, -0.2) is 9.80 Å². The monoisotopic (exact) mass is 448 g/mol. The molecule has 0 bridgehead atoms. The summed E-state index contributed by atoms with van der Waals surface area (Å²) in [6.45, 7) is 0.179. The Bertz CT molecular complexity index is 865. The zero-order valence-electron chi connectivity index (χ0n) is 17.4. The first-order valence-corrected chi connectivity index (χ1v) is 10.2. The van der Waals surface area contributed by atoms with Crippen LogP contribution >= 0.6 is 0 Å². The Morgan fingerprint density at radius 1 is 1.28 bits per heavy atom. The van der Waals surface area contributed by atoms with Crippen LogP contribution in [0.1, 0.15) is 19.3 Å². The third-order valence-electron chi connectivity index (χ3n) is 5.02. The first-order valence-electron chi connectivity index (χ1n) is 10.2. The van der Waals surface area contributed by atoms with E-state index in [0.717, 1.165) is 0 Å². The van der Waals surface area contributed by atoms with Gasteiger partial charge in [-0.05, 0) is 24.4 Å². The van der Waals surface area contributed by atoms with E-state index in [-0.39, 0.29) is 49.5 Å². The molecule has 0 aromatic rings. The number of carbonyl (C=O) groups excluding carboxylic acids is 1. The summed E-state index contributed by atoms with van der Waals surface area (Å²) in [5.74, 6) is -2.26. The summed E-state index contributed by atoms with van der Waals surface area (Å²) in [7, 11) is -1.03. The van der Waals surface area contributed by atoms with Gasteiger partial charge in [0.2, 0.25) is 5.91 Å². The van der Waals surface area contributed by atoms with Crippen LogP contribution in [-0.4, -0.2) is 89.0 Å². The molecule has 12 nitrogen and oxygen atoms in total. The minimum Gasteiger partial charge on any atom is -0.486 e. The number of carboxylic acid groups (broad SMARTS) is 2. The van der Waals surface area contributed by atoms with Crippen molar-refractivity contribution in [3.8, 4) is 0 Å². The Hall–Kier alpha value is -3.19. The predicted molar refractivity (Wildman–Crippen MR) is 110 cm³/mol. The zero-order chi connectivity index (χ0) is 23.1. The van der Waals surface area contributed by atoms with Gasteiger partial charge < -0.3 is 29.5 Å². The number of carbonyl (C=O) groups is 3. The van der Waals surface area contributed by atoms with Crippen LogP contribution in [0.25, 0.3) is 0 Å². The summed E-state index contributed by atoms with van der Waals surface area (Å²) >= 11 is 0. The molecule has 3 aliphatic heterocycles. The number of hydrogen-bond donors (Lipinski definition) is 3. The number of likely N-dealkylation sites (tertiary alicyclic amines) is 1. The molecule has 0 aliphatic carbocycles. The minimum atomic E-state index is -1.20. The normalized spacial score (nSPS) is 23.3. The molecule has 0 atom stereocenters. The molecule has 3 N–H and O–H groups in total. The molecule has 3 aliphatic rings. The highest BCUT2D eigenvalue weighted by Crippen LogP contribution is 2.22. The zero-order valence-corrected chi connectivity index (χ0v) is 17.4. The Balaban J connectivity index is 1.55. The lowest BCUT2D eigenvalue weighted by Crippen LogP contribution is -2.54. The first kappa shape index (κ1) is 23.5. The summed E-state index contributed by atoms with van der Waals surface area (Å²) in [5, 5.41) is 36.8. The molecule has 0 aromatic carbocycles. The summed E-state index contributed by atoms with van der Waals surface area (Å²) in [4.78, 5) is 36.5. The quantitative estimate of drug-likeness (QED) is 0.469. The van der Waals surface area contributed by atoms with E-state index >= 15 is 0 Å². The van der Waals surface area contributed by atoms with Crippen LogP contribution in [-0.2, 0) is 23.8 Å². The van der Waals surface area contributed by atoms with Crippen molar-refractivity contribution in [3.63, 3.8) is 0 Å². The molecule has 0 radical (unpaired) electrons. The highest BCUT2D eigenvalue weighted by molar-refractivity contribution is 6.42. The molecule has 13 heteroatoms. The Kier molecular flexibility index (Phi) is 8.00. The summed E-state index contributed by atoms with van der Waals surface area (Å²) in [6.07, 6.45) is 6.36. The maximum atomic E-state index is 12.5. The van der Waals surface area contributed by atoms with Gasteiger partial charge in [-0.2, -0.15) is 5.11 Å². The van der Waals surface area contributed by atoms with E-state index in [2.05, 4.69) is 10.3 Å². The van der Waals surface area contributed by atoms with Gasteiger partial charge in [-0.1, -0.05) is 17.7 Å². The Morgan fingerprint density at radius 2 is 2.06 bits per heavy atom. The molecule has 0 aromatic heterocycles. The molecule has 3 rings (SSSR count). The summed E-state index contributed by atoms with van der Waals surface area (Å²) in [5.41, 5.74) is 0.556. The lowest BCUT2D eigenvalue weighted by atomic mass is 9.82. The number of ether oxygens (including phenoxy) is 1. The van der Waals surface area contributed by atoms with Crippen LogP contribution < -0.4 is 0 Å². The van der Waals surface area contributed by atoms with Crippen LogP contribution in [0.2, 0.25) is 6.32 Å². The fourth-order valence-electron chi connectivity index (χ4n) is 3.31. The van der Waals surface area contributed by atoms with E-state index in [1.807, 2.05) is 0 Å². The van der Waals surface area contributed by atoms with Gasteiger partial charge in [0.25, 0.3) is 0 Å². The molecule has 3 heterocycles. The van der Waals surface area contributed by atoms with Crippen molar-refractivity contribution in [3.05, 3.63) is 35.3 Å². The first-order chi connectivity index (χ1) is 15.3. The Labute approximate surface area is 184 Å². The maximum Gasteiger partial charge on any atom is 0.454 e. The maximum absolute atomic E-state index is 12.5. The van der Waals surface area contributed by atoms with Crippen molar-refractivity contribution >= 4 is 25.0 Å². The topological polar surface area (TPSA) is 162 Å². The number of nitrogens with zero attached hydrogens (tertiary/aromatic N) is 4. The van der Waals surface area contributed by atoms with E-state index in [9.17, 15) is 24.5 Å². The SMILES string of the molecule is O=C(O)CN1C=C(CC(=O)N2CC(OC3=C(\C(=O)O)COB(O)CCC/C=C\3)C2)CN=N1. The van der Waals surface area contributed by atoms with Crippen molar-refractivity contribution in [2.24, 2.45) is 10.3 Å². The van der Waals surface area contributed by atoms with Gasteiger partial charge in [0.1, 0.15) is 24.0 Å². The predicted octanol–water partition coefficient (Wildman–Crippen LogP) is 0.441. The molecule has 1 fully saturated rings. The van der Waals surface area contributed by atoms with Crippen LogP contribution in [0.15, 0.2) is 45.6 Å². The second-order valence-electron chi connectivity index (χ2n) is 7.63. The van der Waals surface area contributed by atoms with Gasteiger partial charge in [0, 0.05) is 6.20 Å². The highest BCUT2D eigenvalue weighted by atomic mass is 16.5. The van der Waals surface area contributed by atoms with E-state index in [0.29, 0.717) is 37.8 Å².